The molecule has 2 nitrogen and oxygen atoms in total. The summed E-state index contributed by atoms with van der Waals surface area (Å²) >= 11 is 6.46. The van der Waals surface area contributed by atoms with Crippen molar-refractivity contribution in [2.24, 2.45) is 5.41 Å². The third-order valence-corrected chi connectivity index (χ3v) is 4.57. The molecule has 1 saturated heterocycles. The molecular formula is C19H17ClO2. The van der Waals surface area contributed by atoms with Crippen LogP contribution in [0.2, 0.25) is 5.02 Å². The van der Waals surface area contributed by atoms with Gasteiger partial charge in [-0.15, -0.1) is 0 Å². The van der Waals surface area contributed by atoms with Crippen LogP contribution in [-0.2, 0) is 4.74 Å². The highest BCUT2D eigenvalue weighted by Gasteiger charge is 2.34. The van der Waals surface area contributed by atoms with Gasteiger partial charge in [-0.1, -0.05) is 54.9 Å². The van der Waals surface area contributed by atoms with E-state index >= 15 is 0 Å². The highest BCUT2D eigenvalue weighted by Crippen LogP contribution is 2.40. The summed E-state index contributed by atoms with van der Waals surface area (Å²) in [4.78, 5) is 0. The van der Waals surface area contributed by atoms with E-state index < -0.39 is 0 Å². The molecule has 3 aromatic carbocycles. The molecule has 1 aliphatic rings. The zero-order chi connectivity index (χ0) is 15.2. The van der Waals surface area contributed by atoms with Gasteiger partial charge in [0.2, 0.25) is 0 Å². The van der Waals surface area contributed by atoms with Gasteiger partial charge in [-0.05, 0) is 22.9 Å². The minimum absolute atomic E-state index is 0.102. The van der Waals surface area contributed by atoms with Gasteiger partial charge in [0.25, 0.3) is 0 Å². The van der Waals surface area contributed by atoms with Crippen LogP contribution in [0.3, 0.4) is 0 Å². The average molecular weight is 313 g/mol. The molecule has 3 heteroatoms. The molecule has 0 amide bonds. The van der Waals surface area contributed by atoms with E-state index in [9.17, 15) is 0 Å². The second-order valence-corrected chi connectivity index (χ2v) is 6.76. The van der Waals surface area contributed by atoms with Crippen LogP contribution in [-0.4, -0.2) is 19.8 Å². The zero-order valence-corrected chi connectivity index (χ0v) is 13.2. The topological polar surface area (TPSA) is 18.5 Å². The van der Waals surface area contributed by atoms with Crippen molar-refractivity contribution in [2.75, 3.05) is 19.8 Å². The second kappa shape index (κ2) is 5.15. The largest absolute Gasteiger partial charge is 0.491 e. The summed E-state index contributed by atoms with van der Waals surface area (Å²) in [5.41, 5.74) is 0.102. The summed E-state index contributed by atoms with van der Waals surface area (Å²) in [5.74, 6) is 0.881. The highest BCUT2D eigenvalue weighted by atomic mass is 35.5. The Labute approximate surface area is 134 Å². The van der Waals surface area contributed by atoms with Crippen molar-refractivity contribution < 1.29 is 9.47 Å². The quantitative estimate of drug-likeness (QED) is 0.629. The normalized spacial score (nSPS) is 16.6. The molecule has 0 saturated carbocycles. The lowest BCUT2D eigenvalue weighted by atomic mass is 9.90. The Hall–Kier alpha value is -1.77. The summed E-state index contributed by atoms with van der Waals surface area (Å²) in [7, 11) is 0. The van der Waals surface area contributed by atoms with Crippen molar-refractivity contribution >= 4 is 33.1 Å². The van der Waals surface area contributed by atoms with Crippen molar-refractivity contribution in [3.05, 3.63) is 53.6 Å². The second-order valence-electron chi connectivity index (χ2n) is 6.36. The Morgan fingerprint density at radius 2 is 1.86 bits per heavy atom. The Bertz CT molecular complexity index is 853. The van der Waals surface area contributed by atoms with E-state index in [4.69, 9.17) is 21.1 Å². The molecule has 4 rings (SSSR count). The predicted molar refractivity (Wildman–Crippen MR) is 90.9 cm³/mol. The maximum Gasteiger partial charge on any atom is 0.136 e. The standard InChI is InChI=1S/C19H17ClO2/c1-19(10-21-11-19)12-22-18-15-7-3-2-5-13(15)9-14-6-4-8-16(20)17(14)18/h2-9H,10-12H2,1H3. The molecule has 0 spiro atoms. The molecule has 0 radical (unpaired) electrons. The van der Waals surface area contributed by atoms with Crippen LogP contribution in [0.4, 0.5) is 0 Å². The van der Waals surface area contributed by atoms with Gasteiger partial charge in [0.15, 0.2) is 0 Å². The van der Waals surface area contributed by atoms with Gasteiger partial charge in [-0.2, -0.15) is 0 Å². The zero-order valence-electron chi connectivity index (χ0n) is 12.4. The fraction of sp³-hybridized carbons (Fsp3) is 0.263. The molecular weight excluding hydrogens is 296 g/mol. The summed E-state index contributed by atoms with van der Waals surface area (Å²) in [6.45, 7) is 4.33. The summed E-state index contributed by atoms with van der Waals surface area (Å²) in [6, 6.07) is 16.4. The summed E-state index contributed by atoms with van der Waals surface area (Å²) in [5, 5.41) is 5.10. The van der Waals surface area contributed by atoms with E-state index in [0.29, 0.717) is 6.61 Å². The molecule has 0 aliphatic carbocycles. The lowest BCUT2D eigenvalue weighted by Crippen LogP contribution is -2.44. The Morgan fingerprint density at radius 3 is 2.64 bits per heavy atom. The van der Waals surface area contributed by atoms with Gasteiger partial charge in [0.05, 0.1) is 24.8 Å². The fourth-order valence-electron chi connectivity index (χ4n) is 2.96. The van der Waals surface area contributed by atoms with Crippen molar-refractivity contribution in [1.29, 1.82) is 0 Å². The predicted octanol–water partition coefficient (Wildman–Crippen LogP) is 5.06. The third-order valence-electron chi connectivity index (χ3n) is 4.26. The van der Waals surface area contributed by atoms with Gasteiger partial charge in [-0.3, -0.25) is 0 Å². The fourth-order valence-corrected chi connectivity index (χ4v) is 3.23. The first-order valence-electron chi connectivity index (χ1n) is 7.47. The molecule has 1 heterocycles. The molecule has 0 aromatic heterocycles. The van der Waals surface area contributed by atoms with E-state index in [1.807, 2.05) is 24.3 Å². The maximum atomic E-state index is 6.46. The minimum atomic E-state index is 0.102. The van der Waals surface area contributed by atoms with E-state index in [0.717, 1.165) is 40.1 Å². The number of hydrogen-bond acceptors (Lipinski definition) is 2. The lowest BCUT2D eigenvalue weighted by molar-refractivity contribution is -0.120. The Kier molecular flexibility index (Phi) is 3.24. The molecule has 1 aliphatic heterocycles. The summed E-state index contributed by atoms with van der Waals surface area (Å²) in [6.07, 6.45) is 0. The number of halogens is 1. The molecule has 0 bridgehead atoms. The van der Waals surface area contributed by atoms with Crippen molar-refractivity contribution in [3.63, 3.8) is 0 Å². The van der Waals surface area contributed by atoms with Crippen molar-refractivity contribution in [3.8, 4) is 5.75 Å². The van der Waals surface area contributed by atoms with Gasteiger partial charge in [-0.25, -0.2) is 0 Å². The smallest absolute Gasteiger partial charge is 0.136 e. The average Bonchev–Trinajstić information content (AvgIpc) is 2.50. The molecule has 1 fully saturated rings. The number of hydrogen-bond donors (Lipinski definition) is 0. The van der Waals surface area contributed by atoms with Gasteiger partial charge < -0.3 is 9.47 Å². The van der Waals surface area contributed by atoms with E-state index in [1.54, 1.807) is 0 Å². The first-order valence-corrected chi connectivity index (χ1v) is 7.85. The van der Waals surface area contributed by atoms with Crippen LogP contribution in [0.15, 0.2) is 48.5 Å². The molecule has 22 heavy (non-hydrogen) atoms. The highest BCUT2D eigenvalue weighted by molar-refractivity contribution is 6.36. The van der Waals surface area contributed by atoms with Crippen LogP contribution in [0.5, 0.6) is 5.75 Å². The first-order chi connectivity index (χ1) is 10.7. The molecule has 112 valence electrons. The van der Waals surface area contributed by atoms with Crippen LogP contribution < -0.4 is 4.74 Å². The SMILES string of the molecule is CC1(COc2c3ccccc3cc3cccc(Cl)c23)COC1. The molecule has 0 unspecified atom stereocenters. The summed E-state index contributed by atoms with van der Waals surface area (Å²) < 4.78 is 11.6. The number of benzene rings is 3. The van der Waals surface area contributed by atoms with Crippen LogP contribution in [0.1, 0.15) is 6.92 Å². The molecule has 0 N–H and O–H groups in total. The monoisotopic (exact) mass is 312 g/mol. The van der Waals surface area contributed by atoms with Gasteiger partial charge >= 0.3 is 0 Å². The minimum Gasteiger partial charge on any atom is -0.491 e. The van der Waals surface area contributed by atoms with Crippen molar-refractivity contribution in [2.45, 2.75) is 6.92 Å². The van der Waals surface area contributed by atoms with Crippen molar-refractivity contribution in [1.82, 2.24) is 0 Å². The number of fused-ring (bicyclic) bond motifs is 2. The lowest BCUT2D eigenvalue weighted by Gasteiger charge is -2.37. The van der Waals surface area contributed by atoms with E-state index in [2.05, 4.69) is 31.2 Å². The first kappa shape index (κ1) is 13.9. The van der Waals surface area contributed by atoms with Crippen LogP contribution >= 0.6 is 11.6 Å². The van der Waals surface area contributed by atoms with Gasteiger partial charge in [0, 0.05) is 16.2 Å². The van der Waals surface area contributed by atoms with Gasteiger partial charge in [0.1, 0.15) is 5.75 Å². The van der Waals surface area contributed by atoms with Crippen LogP contribution in [0.25, 0.3) is 21.5 Å². The Balaban J connectivity index is 1.90. The van der Waals surface area contributed by atoms with Crippen LogP contribution in [0, 0.1) is 5.41 Å². The number of ether oxygens (including phenoxy) is 2. The van der Waals surface area contributed by atoms with E-state index in [-0.39, 0.29) is 5.41 Å². The molecule has 0 atom stereocenters. The number of rotatable bonds is 3. The Morgan fingerprint density at radius 1 is 1.09 bits per heavy atom. The molecule has 3 aromatic rings. The maximum absolute atomic E-state index is 6.46. The van der Waals surface area contributed by atoms with E-state index in [1.165, 1.54) is 5.39 Å². The third kappa shape index (κ3) is 2.23.